The molecule has 0 aromatic rings. The van der Waals surface area contributed by atoms with E-state index in [0.29, 0.717) is 12.3 Å². The van der Waals surface area contributed by atoms with Gasteiger partial charge in [0.15, 0.2) is 0 Å². The zero-order chi connectivity index (χ0) is 13.6. The third-order valence-electron chi connectivity index (χ3n) is 3.43. The van der Waals surface area contributed by atoms with E-state index in [9.17, 15) is 4.79 Å². The maximum Gasteiger partial charge on any atom is 0.222 e. The Kier molecular flexibility index (Phi) is 12.5. The molecule has 0 aliphatic carbocycles. The molecule has 0 unspecified atom stereocenters. The predicted molar refractivity (Wildman–Crippen MR) is 79.8 cm³/mol. The van der Waals surface area contributed by atoms with Gasteiger partial charge >= 0.3 is 0 Å². The lowest BCUT2D eigenvalue weighted by molar-refractivity contribution is -0.131. The summed E-state index contributed by atoms with van der Waals surface area (Å²) in [7, 11) is 0. The van der Waals surface area contributed by atoms with E-state index >= 15 is 0 Å². The average molecular weight is 255 g/mol. The van der Waals surface area contributed by atoms with E-state index in [2.05, 4.69) is 13.8 Å². The molecule has 1 amide bonds. The number of unbranched alkanes of at least 4 members (excludes halogenated alkanes) is 7. The minimum atomic E-state index is 0.319. The molecule has 0 saturated heterocycles. The fraction of sp³-hybridized carbons (Fsp3) is 0.938. The Labute approximate surface area is 114 Å². The third kappa shape index (κ3) is 9.49. The molecule has 0 aromatic carbocycles. The summed E-state index contributed by atoms with van der Waals surface area (Å²) >= 11 is 0. The molecule has 0 rings (SSSR count). The Morgan fingerprint density at radius 3 is 1.78 bits per heavy atom. The first-order chi connectivity index (χ1) is 8.76. The molecule has 18 heavy (non-hydrogen) atoms. The molecule has 0 bridgehead atoms. The van der Waals surface area contributed by atoms with Gasteiger partial charge in [0.1, 0.15) is 0 Å². The van der Waals surface area contributed by atoms with Gasteiger partial charge in [0, 0.05) is 19.5 Å². The smallest absolute Gasteiger partial charge is 0.222 e. The Morgan fingerprint density at radius 1 is 0.722 bits per heavy atom. The minimum Gasteiger partial charge on any atom is -0.343 e. The average Bonchev–Trinajstić information content (AvgIpc) is 2.39. The highest BCUT2D eigenvalue weighted by molar-refractivity contribution is 5.75. The molecule has 0 aromatic heterocycles. The number of amides is 1. The van der Waals surface area contributed by atoms with Gasteiger partial charge in [-0.15, -0.1) is 0 Å². The lowest BCUT2D eigenvalue weighted by Crippen LogP contribution is -2.32. The van der Waals surface area contributed by atoms with Crippen LogP contribution in [0, 0.1) is 0 Å². The van der Waals surface area contributed by atoms with Crippen molar-refractivity contribution in [2.75, 3.05) is 13.1 Å². The molecular formula is C16H33NO. The molecule has 108 valence electrons. The summed E-state index contributed by atoms with van der Waals surface area (Å²) in [5.41, 5.74) is 0. The van der Waals surface area contributed by atoms with E-state index in [1.54, 1.807) is 0 Å². The lowest BCUT2D eigenvalue weighted by Gasteiger charge is -2.21. The standard InChI is InChI=1S/C16H33NO/c1-4-7-8-9-10-11-12-13-15-17(14-5-2)16(18)6-3/h4-15H2,1-3H3. The van der Waals surface area contributed by atoms with Gasteiger partial charge in [-0.05, 0) is 12.8 Å². The van der Waals surface area contributed by atoms with Crippen LogP contribution in [0.25, 0.3) is 0 Å². The first-order valence-electron chi connectivity index (χ1n) is 8.04. The molecule has 0 heterocycles. The number of hydrogen-bond donors (Lipinski definition) is 0. The highest BCUT2D eigenvalue weighted by atomic mass is 16.2. The van der Waals surface area contributed by atoms with Gasteiger partial charge in [0.2, 0.25) is 5.91 Å². The molecule has 0 radical (unpaired) electrons. The Balaban J connectivity index is 3.46. The maximum absolute atomic E-state index is 11.7. The number of nitrogens with zero attached hydrogens (tertiary/aromatic N) is 1. The van der Waals surface area contributed by atoms with Gasteiger partial charge in [0.25, 0.3) is 0 Å². The second-order valence-corrected chi connectivity index (χ2v) is 5.21. The molecule has 0 saturated carbocycles. The first kappa shape index (κ1) is 17.5. The largest absolute Gasteiger partial charge is 0.343 e. The summed E-state index contributed by atoms with van der Waals surface area (Å²) in [4.78, 5) is 13.7. The van der Waals surface area contributed by atoms with Gasteiger partial charge in [0.05, 0.1) is 0 Å². The summed E-state index contributed by atoms with van der Waals surface area (Å²) in [6, 6.07) is 0. The molecule has 0 aliphatic rings. The van der Waals surface area contributed by atoms with Crippen LogP contribution < -0.4 is 0 Å². The van der Waals surface area contributed by atoms with Crippen molar-refractivity contribution in [3.8, 4) is 0 Å². The van der Waals surface area contributed by atoms with Crippen LogP contribution in [0.15, 0.2) is 0 Å². The fourth-order valence-electron chi connectivity index (χ4n) is 2.29. The Morgan fingerprint density at radius 2 is 1.28 bits per heavy atom. The number of carbonyl (C=O) groups is 1. The van der Waals surface area contributed by atoms with Crippen LogP contribution in [0.2, 0.25) is 0 Å². The van der Waals surface area contributed by atoms with Gasteiger partial charge < -0.3 is 4.90 Å². The van der Waals surface area contributed by atoms with Crippen LogP contribution >= 0.6 is 0 Å². The summed E-state index contributed by atoms with van der Waals surface area (Å²) in [6.07, 6.45) is 12.4. The molecule has 0 fully saturated rings. The van der Waals surface area contributed by atoms with E-state index in [0.717, 1.165) is 19.5 Å². The normalized spacial score (nSPS) is 10.6. The van der Waals surface area contributed by atoms with Crippen molar-refractivity contribution in [2.24, 2.45) is 0 Å². The highest BCUT2D eigenvalue weighted by Gasteiger charge is 2.08. The Bertz CT molecular complexity index is 192. The molecule has 0 spiro atoms. The molecule has 0 aliphatic heterocycles. The van der Waals surface area contributed by atoms with Crippen LogP contribution in [0.4, 0.5) is 0 Å². The van der Waals surface area contributed by atoms with Crippen molar-refractivity contribution in [1.82, 2.24) is 4.90 Å². The molecule has 2 nitrogen and oxygen atoms in total. The van der Waals surface area contributed by atoms with E-state index in [1.165, 1.54) is 51.4 Å². The van der Waals surface area contributed by atoms with Crippen molar-refractivity contribution >= 4 is 5.91 Å². The van der Waals surface area contributed by atoms with E-state index < -0.39 is 0 Å². The van der Waals surface area contributed by atoms with E-state index in [1.807, 2.05) is 11.8 Å². The van der Waals surface area contributed by atoms with Crippen LogP contribution in [-0.2, 0) is 4.79 Å². The summed E-state index contributed by atoms with van der Waals surface area (Å²) in [5.74, 6) is 0.319. The molecule has 0 atom stereocenters. The van der Waals surface area contributed by atoms with Crippen molar-refractivity contribution < 1.29 is 4.79 Å². The molecule has 2 heteroatoms. The van der Waals surface area contributed by atoms with Crippen LogP contribution in [0.3, 0.4) is 0 Å². The van der Waals surface area contributed by atoms with Gasteiger partial charge in [-0.2, -0.15) is 0 Å². The van der Waals surface area contributed by atoms with E-state index in [4.69, 9.17) is 0 Å². The number of carbonyl (C=O) groups excluding carboxylic acids is 1. The maximum atomic E-state index is 11.7. The lowest BCUT2D eigenvalue weighted by atomic mass is 10.1. The van der Waals surface area contributed by atoms with Gasteiger partial charge in [-0.1, -0.05) is 65.7 Å². The second-order valence-electron chi connectivity index (χ2n) is 5.21. The van der Waals surface area contributed by atoms with Gasteiger partial charge in [-0.3, -0.25) is 4.79 Å². The van der Waals surface area contributed by atoms with Crippen molar-refractivity contribution in [3.05, 3.63) is 0 Å². The topological polar surface area (TPSA) is 20.3 Å². The zero-order valence-corrected chi connectivity index (χ0v) is 12.8. The van der Waals surface area contributed by atoms with Crippen LogP contribution in [0.1, 0.15) is 85.0 Å². The van der Waals surface area contributed by atoms with E-state index in [-0.39, 0.29) is 0 Å². The monoisotopic (exact) mass is 255 g/mol. The summed E-state index contributed by atoms with van der Waals surface area (Å²) < 4.78 is 0. The van der Waals surface area contributed by atoms with Crippen molar-refractivity contribution in [2.45, 2.75) is 85.0 Å². The Hall–Kier alpha value is -0.530. The van der Waals surface area contributed by atoms with Crippen LogP contribution in [0.5, 0.6) is 0 Å². The molecule has 0 N–H and O–H groups in total. The van der Waals surface area contributed by atoms with Crippen molar-refractivity contribution in [3.63, 3.8) is 0 Å². The first-order valence-corrected chi connectivity index (χ1v) is 8.04. The fourth-order valence-corrected chi connectivity index (χ4v) is 2.29. The number of rotatable bonds is 12. The second kappa shape index (κ2) is 12.9. The van der Waals surface area contributed by atoms with Crippen molar-refractivity contribution in [1.29, 1.82) is 0 Å². The number of hydrogen-bond acceptors (Lipinski definition) is 1. The minimum absolute atomic E-state index is 0.319. The van der Waals surface area contributed by atoms with Crippen LogP contribution in [-0.4, -0.2) is 23.9 Å². The zero-order valence-electron chi connectivity index (χ0n) is 12.8. The highest BCUT2D eigenvalue weighted by Crippen LogP contribution is 2.09. The quantitative estimate of drug-likeness (QED) is 0.460. The molecular weight excluding hydrogens is 222 g/mol. The predicted octanol–water partition coefficient (Wildman–Crippen LogP) is 4.78. The van der Waals surface area contributed by atoms with Gasteiger partial charge in [-0.25, -0.2) is 0 Å². The SMILES string of the molecule is CCCCCCCCCCN(CCC)C(=O)CC. The summed E-state index contributed by atoms with van der Waals surface area (Å²) in [5, 5.41) is 0. The third-order valence-corrected chi connectivity index (χ3v) is 3.43. The summed E-state index contributed by atoms with van der Waals surface area (Å²) in [6.45, 7) is 8.26.